The zero-order valence-electron chi connectivity index (χ0n) is 10.7. The van der Waals surface area contributed by atoms with E-state index in [-0.39, 0.29) is 6.61 Å². The van der Waals surface area contributed by atoms with E-state index in [1.165, 1.54) is 6.92 Å². The van der Waals surface area contributed by atoms with Crippen molar-refractivity contribution < 1.29 is 28.2 Å². The molecule has 7 nitrogen and oxygen atoms in total. The number of nitrogens with zero attached hydrogens (tertiary/aromatic N) is 1. The molecule has 0 saturated carbocycles. The Bertz CT molecular complexity index is 404. The zero-order chi connectivity index (χ0) is 14.3. The van der Waals surface area contributed by atoms with Crippen molar-refractivity contribution in [2.45, 2.75) is 33.2 Å². The summed E-state index contributed by atoms with van der Waals surface area (Å²) in [5, 5.41) is 18.4. The second-order valence-corrected chi connectivity index (χ2v) is 6.48. The Morgan fingerprint density at radius 2 is 1.89 bits per heavy atom. The Morgan fingerprint density at radius 3 is 2.22 bits per heavy atom. The number of rotatable bonds is 1. The number of carboxylic acid groups (broad SMARTS) is 2. The highest BCUT2D eigenvalue weighted by molar-refractivity contribution is 7.78. The van der Waals surface area contributed by atoms with E-state index in [0.29, 0.717) is 4.31 Å². The number of carbonyl (C=O) groups is 2. The molecule has 8 heteroatoms. The third-order valence-corrected chi connectivity index (χ3v) is 4.41. The molecule has 1 rings (SSSR count). The van der Waals surface area contributed by atoms with Crippen LogP contribution in [0.15, 0.2) is 0 Å². The first-order valence-corrected chi connectivity index (χ1v) is 6.37. The maximum absolute atomic E-state index is 11.6. The zero-order valence-corrected chi connectivity index (χ0v) is 11.5. The molecule has 1 heterocycles. The second-order valence-electron chi connectivity index (χ2n) is 5.45. The van der Waals surface area contributed by atoms with Gasteiger partial charge in [-0.2, -0.15) is 4.31 Å². The van der Waals surface area contributed by atoms with Gasteiger partial charge in [-0.25, -0.2) is 13.8 Å². The lowest BCUT2D eigenvalue weighted by Gasteiger charge is -2.48. The summed E-state index contributed by atoms with van der Waals surface area (Å²) in [4.78, 5) is 22.6. The standard InChI is InChI=1S/C10H17NO6S/c1-9(2,3)6-5-17-18(16)11(8(14)15)10(6,4)7(12)13/h6H,5H2,1-4H3,(H,12,13)(H,14,15)/t6?,10-,18?/m0/s1. The highest BCUT2D eigenvalue weighted by Crippen LogP contribution is 2.42. The van der Waals surface area contributed by atoms with Gasteiger partial charge in [0.25, 0.3) is 11.3 Å². The molecule has 18 heavy (non-hydrogen) atoms. The molecule has 3 atom stereocenters. The molecule has 1 saturated heterocycles. The third-order valence-electron chi connectivity index (χ3n) is 3.24. The average Bonchev–Trinajstić information content (AvgIpc) is 2.14. The fourth-order valence-corrected chi connectivity index (χ4v) is 3.23. The smallest absolute Gasteiger partial charge is 0.422 e. The molecule has 0 aromatic rings. The maximum atomic E-state index is 11.6. The molecule has 1 aliphatic rings. The summed E-state index contributed by atoms with van der Waals surface area (Å²) in [6.07, 6.45) is -1.58. The molecule has 2 unspecified atom stereocenters. The minimum atomic E-state index is -2.30. The van der Waals surface area contributed by atoms with E-state index < -0.39 is 40.2 Å². The Hall–Kier alpha value is -1.15. The van der Waals surface area contributed by atoms with Crippen molar-refractivity contribution in [3.63, 3.8) is 0 Å². The van der Waals surface area contributed by atoms with Crippen LogP contribution in [-0.2, 0) is 20.2 Å². The SMILES string of the molecule is CC(C)(C)C1COS(=O)N(C(=O)O)[C@]1(C)C(=O)O. The van der Waals surface area contributed by atoms with Gasteiger partial charge in [-0.1, -0.05) is 20.8 Å². The van der Waals surface area contributed by atoms with Crippen molar-refractivity contribution in [3.05, 3.63) is 0 Å². The number of hydrogen-bond donors (Lipinski definition) is 2. The second kappa shape index (κ2) is 4.51. The molecule has 0 bridgehead atoms. The highest BCUT2D eigenvalue weighted by atomic mass is 32.2. The Labute approximate surface area is 108 Å². The quantitative estimate of drug-likeness (QED) is 0.744. The molecule has 1 fully saturated rings. The summed E-state index contributed by atoms with van der Waals surface area (Å²) in [7, 11) is 0. The van der Waals surface area contributed by atoms with Crippen LogP contribution >= 0.6 is 0 Å². The minimum absolute atomic E-state index is 0.0668. The molecular formula is C10H17NO6S. The lowest BCUT2D eigenvalue weighted by molar-refractivity contribution is -0.156. The molecule has 0 spiro atoms. The normalized spacial score (nSPS) is 33.2. The molecule has 0 radical (unpaired) electrons. The van der Waals surface area contributed by atoms with Crippen molar-refractivity contribution in [3.8, 4) is 0 Å². The van der Waals surface area contributed by atoms with Crippen LogP contribution in [0, 0.1) is 11.3 Å². The Balaban J connectivity index is 3.37. The highest BCUT2D eigenvalue weighted by Gasteiger charge is 2.58. The predicted octanol–water partition coefficient (Wildman–Crippen LogP) is 1.08. The van der Waals surface area contributed by atoms with Gasteiger partial charge in [0.1, 0.15) is 0 Å². The van der Waals surface area contributed by atoms with E-state index in [1.54, 1.807) is 20.8 Å². The third kappa shape index (κ3) is 2.22. The molecule has 0 aromatic heterocycles. The summed E-state index contributed by atoms with van der Waals surface area (Å²) >= 11 is -2.30. The first-order valence-electron chi connectivity index (χ1n) is 5.34. The number of hydrogen-bond acceptors (Lipinski definition) is 4. The molecular weight excluding hydrogens is 262 g/mol. The largest absolute Gasteiger partial charge is 0.479 e. The summed E-state index contributed by atoms with van der Waals surface area (Å²) in [6, 6.07) is 0. The van der Waals surface area contributed by atoms with Gasteiger partial charge in [0.2, 0.25) is 0 Å². The van der Waals surface area contributed by atoms with E-state index in [2.05, 4.69) is 0 Å². The maximum Gasteiger partial charge on any atom is 0.422 e. The first kappa shape index (κ1) is 14.9. The van der Waals surface area contributed by atoms with Gasteiger partial charge in [0.15, 0.2) is 5.54 Å². The minimum Gasteiger partial charge on any atom is -0.479 e. The van der Waals surface area contributed by atoms with Crippen molar-refractivity contribution in [2.75, 3.05) is 6.61 Å². The van der Waals surface area contributed by atoms with Gasteiger partial charge in [0.05, 0.1) is 6.61 Å². The number of aliphatic carboxylic acids is 1. The summed E-state index contributed by atoms with van der Waals surface area (Å²) < 4.78 is 16.9. The van der Waals surface area contributed by atoms with Crippen LogP contribution in [-0.4, -0.2) is 42.9 Å². The lowest BCUT2D eigenvalue weighted by atomic mass is 9.69. The van der Waals surface area contributed by atoms with Crippen molar-refractivity contribution in [1.29, 1.82) is 0 Å². The predicted molar refractivity (Wildman–Crippen MR) is 62.9 cm³/mol. The van der Waals surface area contributed by atoms with Crippen LogP contribution in [0.2, 0.25) is 0 Å². The van der Waals surface area contributed by atoms with Crippen molar-refractivity contribution in [1.82, 2.24) is 4.31 Å². The van der Waals surface area contributed by atoms with Gasteiger partial charge >= 0.3 is 12.1 Å². The molecule has 2 N–H and O–H groups in total. The molecule has 0 aromatic carbocycles. The number of amides is 1. The monoisotopic (exact) mass is 279 g/mol. The van der Waals surface area contributed by atoms with E-state index in [0.717, 1.165) is 0 Å². The molecule has 1 amide bonds. The van der Waals surface area contributed by atoms with E-state index in [9.17, 15) is 18.9 Å². The van der Waals surface area contributed by atoms with Gasteiger partial charge in [-0.05, 0) is 12.3 Å². The summed E-state index contributed by atoms with van der Waals surface area (Å²) in [5.74, 6) is -1.95. The van der Waals surface area contributed by atoms with Crippen LogP contribution in [0.25, 0.3) is 0 Å². The van der Waals surface area contributed by atoms with Gasteiger partial charge in [-0.3, -0.25) is 4.18 Å². The van der Waals surface area contributed by atoms with Crippen LogP contribution in [0.3, 0.4) is 0 Å². The Morgan fingerprint density at radius 1 is 1.39 bits per heavy atom. The van der Waals surface area contributed by atoms with Crippen LogP contribution in [0.5, 0.6) is 0 Å². The first-order chi connectivity index (χ1) is 8.02. The topological polar surface area (TPSA) is 104 Å². The Kier molecular flexibility index (Phi) is 3.73. The van der Waals surface area contributed by atoms with Gasteiger partial charge in [0, 0.05) is 5.92 Å². The molecule has 1 aliphatic heterocycles. The fraction of sp³-hybridized carbons (Fsp3) is 0.800. The van der Waals surface area contributed by atoms with Crippen LogP contribution in [0.4, 0.5) is 4.79 Å². The molecule has 104 valence electrons. The van der Waals surface area contributed by atoms with E-state index >= 15 is 0 Å². The van der Waals surface area contributed by atoms with Crippen LogP contribution < -0.4 is 0 Å². The number of carboxylic acids is 1. The van der Waals surface area contributed by atoms with Gasteiger partial charge in [-0.15, -0.1) is 0 Å². The summed E-state index contributed by atoms with van der Waals surface area (Å²) in [6.45, 7) is 6.56. The van der Waals surface area contributed by atoms with Crippen LogP contribution in [0.1, 0.15) is 27.7 Å². The van der Waals surface area contributed by atoms with Gasteiger partial charge < -0.3 is 10.2 Å². The fourth-order valence-electron chi connectivity index (χ4n) is 2.23. The molecule has 0 aliphatic carbocycles. The van der Waals surface area contributed by atoms with E-state index in [4.69, 9.17) is 9.29 Å². The lowest BCUT2D eigenvalue weighted by Crippen LogP contribution is -2.66. The van der Waals surface area contributed by atoms with Crippen molar-refractivity contribution in [2.24, 2.45) is 11.3 Å². The average molecular weight is 279 g/mol. The van der Waals surface area contributed by atoms with E-state index in [1.807, 2.05) is 0 Å². The van der Waals surface area contributed by atoms with Crippen molar-refractivity contribution >= 4 is 23.3 Å². The summed E-state index contributed by atoms with van der Waals surface area (Å²) in [5.41, 5.74) is -2.29.